The second-order valence-corrected chi connectivity index (χ2v) is 8.62. The van der Waals surface area contributed by atoms with E-state index in [1.807, 2.05) is 91.9 Å². The summed E-state index contributed by atoms with van der Waals surface area (Å²) in [7, 11) is -2.90. The van der Waals surface area contributed by atoms with Gasteiger partial charge < -0.3 is 4.74 Å². The molecular formula is C26H24O4S2. The van der Waals surface area contributed by atoms with E-state index in [1.165, 1.54) is 0 Å². The van der Waals surface area contributed by atoms with Gasteiger partial charge in [-0.25, -0.2) is 0 Å². The van der Waals surface area contributed by atoms with Gasteiger partial charge in [0.05, 0.1) is 7.11 Å². The minimum absolute atomic E-state index is 0. The van der Waals surface area contributed by atoms with E-state index < -0.39 is 10.1 Å². The summed E-state index contributed by atoms with van der Waals surface area (Å²) in [6, 6.07) is 27.9. The molecule has 0 aromatic heterocycles. The summed E-state index contributed by atoms with van der Waals surface area (Å²) in [6.45, 7) is 1.97. The fraction of sp³-hybridized carbons (Fsp3) is 0.0769. The van der Waals surface area contributed by atoms with Crippen LogP contribution in [0.3, 0.4) is 0 Å². The Hall–Kier alpha value is -3.06. The minimum Gasteiger partial charge on any atom is -0.497 e. The molecule has 0 fully saturated rings. The van der Waals surface area contributed by atoms with E-state index in [0.29, 0.717) is 11.3 Å². The molecule has 0 amide bonds. The van der Waals surface area contributed by atoms with E-state index in [9.17, 15) is 13.0 Å². The molecule has 0 unspecified atom stereocenters. The predicted octanol–water partition coefficient (Wildman–Crippen LogP) is 6.36. The van der Waals surface area contributed by atoms with Crippen molar-refractivity contribution in [2.45, 2.75) is 11.8 Å². The van der Waals surface area contributed by atoms with Crippen LogP contribution < -0.4 is 4.74 Å². The Morgan fingerprint density at radius 1 is 0.719 bits per heavy atom. The predicted molar refractivity (Wildman–Crippen MR) is 134 cm³/mol. The summed E-state index contributed by atoms with van der Waals surface area (Å²) in [6.07, 6.45) is 0. The standard InChI is InChI=1S/C26H22O4S.H2S/c1-18-23(19-13-15-22(30-2)16-14-19)17-24(31(27,28)29)26(21-11-7-4-8-12-21)25(18)20-9-5-3-6-10-20;/h3-17H,1-2H3,(H,27,28,29);1H2. The Bertz CT molecular complexity index is 1320. The van der Waals surface area contributed by atoms with Gasteiger partial charge in [-0.1, -0.05) is 72.8 Å². The molecule has 0 saturated carbocycles. The molecule has 0 aliphatic carbocycles. The second kappa shape index (κ2) is 9.61. The summed E-state index contributed by atoms with van der Waals surface area (Å²) >= 11 is 0. The third-order valence-corrected chi connectivity index (χ3v) is 6.23. The molecular weight excluding hydrogens is 440 g/mol. The van der Waals surface area contributed by atoms with E-state index in [0.717, 1.165) is 33.4 Å². The normalized spacial score (nSPS) is 11.0. The number of methoxy groups -OCH3 is 1. The molecule has 0 saturated heterocycles. The van der Waals surface area contributed by atoms with Gasteiger partial charge in [0.1, 0.15) is 10.6 Å². The lowest BCUT2D eigenvalue weighted by molar-refractivity contribution is 0.415. The van der Waals surface area contributed by atoms with Gasteiger partial charge in [0, 0.05) is 5.56 Å². The van der Waals surface area contributed by atoms with Crippen molar-refractivity contribution in [3.8, 4) is 39.1 Å². The van der Waals surface area contributed by atoms with Crippen LogP contribution in [0.15, 0.2) is 95.9 Å². The molecule has 0 spiro atoms. The van der Waals surface area contributed by atoms with E-state index in [2.05, 4.69) is 0 Å². The molecule has 4 rings (SSSR count). The van der Waals surface area contributed by atoms with Gasteiger partial charge in [-0.2, -0.15) is 21.9 Å². The van der Waals surface area contributed by atoms with Gasteiger partial charge >= 0.3 is 0 Å². The summed E-state index contributed by atoms with van der Waals surface area (Å²) in [4.78, 5) is -0.117. The van der Waals surface area contributed by atoms with Crippen molar-refractivity contribution < 1.29 is 17.7 Å². The smallest absolute Gasteiger partial charge is 0.295 e. The maximum absolute atomic E-state index is 12.5. The molecule has 4 aromatic carbocycles. The highest BCUT2D eigenvalue weighted by Gasteiger charge is 2.25. The molecule has 4 aromatic rings. The third-order valence-electron chi connectivity index (χ3n) is 5.35. The fourth-order valence-electron chi connectivity index (χ4n) is 3.89. The van der Waals surface area contributed by atoms with Gasteiger partial charge in [-0.15, -0.1) is 0 Å². The van der Waals surface area contributed by atoms with Crippen LogP contribution in [-0.2, 0) is 10.1 Å². The van der Waals surface area contributed by atoms with Crippen molar-refractivity contribution in [3.05, 3.63) is 96.6 Å². The first kappa shape index (κ1) is 23.6. The van der Waals surface area contributed by atoms with Crippen LogP contribution >= 0.6 is 13.5 Å². The fourth-order valence-corrected chi connectivity index (χ4v) is 4.63. The first-order chi connectivity index (χ1) is 14.9. The molecule has 32 heavy (non-hydrogen) atoms. The first-order valence-electron chi connectivity index (χ1n) is 9.80. The molecule has 0 aliphatic heterocycles. The average Bonchev–Trinajstić information content (AvgIpc) is 2.79. The Kier molecular flexibility index (Phi) is 7.09. The second-order valence-electron chi connectivity index (χ2n) is 7.23. The number of ether oxygens (including phenoxy) is 1. The molecule has 0 bridgehead atoms. The molecule has 164 valence electrons. The Morgan fingerprint density at radius 3 is 1.69 bits per heavy atom. The highest BCUT2D eigenvalue weighted by molar-refractivity contribution is 7.86. The number of rotatable bonds is 5. The van der Waals surface area contributed by atoms with Crippen molar-refractivity contribution in [2.75, 3.05) is 7.11 Å². The Morgan fingerprint density at radius 2 is 1.22 bits per heavy atom. The van der Waals surface area contributed by atoms with Crippen LogP contribution in [0, 0.1) is 6.92 Å². The van der Waals surface area contributed by atoms with E-state index in [4.69, 9.17) is 4.74 Å². The SMILES string of the molecule is COc1ccc(-c2cc(S(=O)(=O)O)c(-c3ccccc3)c(-c3ccccc3)c2C)cc1.S. The van der Waals surface area contributed by atoms with Gasteiger partial charge in [0.25, 0.3) is 10.1 Å². The number of benzene rings is 4. The molecule has 1 N–H and O–H groups in total. The lowest BCUT2D eigenvalue weighted by Crippen LogP contribution is -2.05. The number of hydrogen-bond acceptors (Lipinski definition) is 3. The minimum atomic E-state index is -4.50. The maximum atomic E-state index is 12.5. The van der Waals surface area contributed by atoms with Gasteiger partial charge in [0.2, 0.25) is 0 Å². The van der Waals surface area contributed by atoms with E-state index in [1.54, 1.807) is 13.2 Å². The van der Waals surface area contributed by atoms with Crippen molar-refractivity contribution in [2.24, 2.45) is 0 Å². The first-order valence-corrected chi connectivity index (χ1v) is 11.2. The highest BCUT2D eigenvalue weighted by Crippen LogP contribution is 2.43. The van der Waals surface area contributed by atoms with E-state index in [-0.39, 0.29) is 18.4 Å². The molecule has 0 heterocycles. The molecule has 4 nitrogen and oxygen atoms in total. The van der Waals surface area contributed by atoms with Crippen molar-refractivity contribution in [1.29, 1.82) is 0 Å². The number of hydrogen-bond donors (Lipinski definition) is 1. The monoisotopic (exact) mass is 464 g/mol. The third kappa shape index (κ3) is 4.58. The summed E-state index contributed by atoms with van der Waals surface area (Å²) in [5.41, 5.74) is 5.34. The zero-order valence-corrected chi connectivity index (χ0v) is 19.6. The van der Waals surface area contributed by atoms with Gasteiger partial charge in [0.15, 0.2) is 0 Å². The summed E-state index contributed by atoms with van der Waals surface area (Å²) in [5.74, 6) is 0.709. The Labute approximate surface area is 195 Å². The van der Waals surface area contributed by atoms with Crippen molar-refractivity contribution >= 4 is 23.6 Å². The van der Waals surface area contributed by atoms with Crippen LogP contribution in [0.2, 0.25) is 0 Å². The average molecular weight is 465 g/mol. The highest BCUT2D eigenvalue weighted by atomic mass is 32.2. The molecule has 6 heteroatoms. The lowest BCUT2D eigenvalue weighted by Gasteiger charge is -2.20. The van der Waals surface area contributed by atoms with Crippen LogP contribution in [0.25, 0.3) is 33.4 Å². The molecule has 0 aliphatic rings. The summed E-state index contributed by atoms with van der Waals surface area (Å²) in [5, 5.41) is 0. The van der Waals surface area contributed by atoms with Crippen LogP contribution in [0.5, 0.6) is 5.75 Å². The van der Waals surface area contributed by atoms with Crippen LogP contribution in [0.1, 0.15) is 5.56 Å². The van der Waals surface area contributed by atoms with Crippen LogP contribution in [-0.4, -0.2) is 20.1 Å². The zero-order valence-electron chi connectivity index (χ0n) is 17.7. The topological polar surface area (TPSA) is 63.6 Å². The van der Waals surface area contributed by atoms with Crippen molar-refractivity contribution in [1.82, 2.24) is 0 Å². The van der Waals surface area contributed by atoms with E-state index >= 15 is 0 Å². The van der Waals surface area contributed by atoms with Crippen molar-refractivity contribution in [3.63, 3.8) is 0 Å². The quantitative estimate of drug-likeness (QED) is 0.349. The zero-order chi connectivity index (χ0) is 22.0. The maximum Gasteiger partial charge on any atom is 0.295 e. The molecule has 0 radical (unpaired) electrons. The van der Waals surface area contributed by atoms with Gasteiger partial charge in [-0.05, 0) is 58.5 Å². The largest absolute Gasteiger partial charge is 0.497 e. The summed E-state index contributed by atoms with van der Waals surface area (Å²) < 4.78 is 40.5. The van der Waals surface area contributed by atoms with Gasteiger partial charge in [-0.3, -0.25) is 4.55 Å². The molecule has 0 atom stereocenters. The lowest BCUT2D eigenvalue weighted by atomic mass is 9.86. The Balaban J connectivity index is 0.00000289. The van der Waals surface area contributed by atoms with Crippen LogP contribution in [0.4, 0.5) is 0 Å².